The van der Waals surface area contributed by atoms with Gasteiger partial charge < -0.3 is 19.9 Å². The molecule has 0 radical (unpaired) electrons. The number of para-hydroxylation sites is 2. The summed E-state index contributed by atoms with van der Waals surface area (Å²) in [6, 6.07) is 21.9. The van der Waals surface area contributed by atoms with E-state index in [2.05, 4.69) is 71.7 Å². The Bertz CT molecular complexity index is 1380. The highest BCUT2D eigenvalue weighted by Crippen LogP contribution is 2.44. The van der Waals surface area contributed by atoms with E-state index in [9.17, 15) is 5.11 Å². The number of rotatable bonds is 4. The molecule has 0 aliphatic carbocycles. The first-order valence-electron chi connectivity index (χ1n) is 11.4. The maximum Gasteiger partial charge on any atom is 0.174 e. The number of benzene rings is 2. The molecule has 34 heavy (non-hydrogen) atoms. The van der Waals surface area contributed by atoms with Gasteiger partial charge in [0, 0.05) is 23.3 Å². The van der Waals surface area contributed by atoms with Crippen molar-refractivity contribution in [3.63, 3.8) is 0 Å². The van der Waals surface area contributed by atoms with E-state index in [4.69, 9.17) is 12.2 Å². The van der Waals surface area contributed by atoms with Crippen LogP contribution in [0, 0.1) is 27.7 Å². The molecule has 0 bridgehead atoms. The molecule has 0 spiro atoms. The van der Waals surface area contributed by atoms with E-state index in [0.29, 0.717) is 5.11 Å². The van der Waals surface area contributed by atoms with Gasteiger partial charge in [-0.05, 0) is 99.1 Å². The molecular formula is C28H28N4OS. The lowest BCUT2D eigenvalue weighted by Crippen LogP contribution is -2.29. The van der Waals surface area contributed by atoms with Crippen LogP contribution in [0.4, 0.5) is 5.69 Å². The fourth-order valence-corrected chi connectivity index (χ4v) is 5.28. The molecule has 0 unspecified atom stereocenters. The summed E-state index contributed by atoms with van der Waals surface area (Å²) in [7, 11) is 0. The summed E-state index contributed by atoms with van der Waals surface area (Å²) in [5.74, 6) is 0.253. The van der Waals surface area contributed by atoms with Crippen LogP contribution in [0.3, 0.4) is 0 Å². The van der Waals surface area contributed by atoms with Crippen LogP contribution < -0.4 is 10.2 Å². The first-order chi connectivity index (χ1) is 16.4. The minimum atomic E-state index is -0.117. The molecule has 1 aliphatic rings. The topological polar surface area (TPSA) is 53.3 Å². The van der Waals surface area contributed by atoms with E-state index in [0.717, 1.165) is 34.0 Å². The summed E-state index contributed by atoms with van der Waals surface area (Å²) in [5.41, 5.74) is 8.48. The maximum absolute atomic E-state index is 10.6. The molecule has 4 aromatic rings. The van der Waals surface area contributed by atoms with Crippen molar-refractivity contribution in [2.75, 3.05) is 4.90 Å². The number of hydrogen-bond donors (Lipinski definition) is 2. The SMILES string of the molecule is Cc1ccc(N2C(=S)N[C@H](c3ccccn3)[C@@H]2c2cc(C)n(-c3ccccc3O)c2C)cc1C. The van der Waals surface area contributed by atoms with Gasteiger partial charge >= 0.3 is 0 Å². The highest BCUT2D eigenvalue weighted by Gasteiger charge is 2.42. The highest BCUT2D eigenvalue weighted by atomic mass is 32.1. The summed E-state index contributed by atoms with van der Waals surface area (Å²) in [5, 5.41) is 14.8. The lowest BCUT2D eigenvalue weighted by atomic mass is 9.96. The Labute approximate surface area is 205 Å². The number of nitrogens with one attached hydrogen (secondary N) is 1. The third kappa shape index (κ3) is 3.64. The summed E-state index contributed by atoms with van der Waals surface area (Å²) >= 11 is 5.89. The summed E-state index contributed by atoms with van der Waals surface area (Å²) < 4.78 is 2.11. The molecule has 0 saturated carbocycles. The van der Waals surface area contributed by atoms with Gasteiger partial charge in [-0.3, -0.25) is 4.98 Å². The van der Waals surface area contributed by atoms with E-state index in [1.54, 1.807) is 6.07 Å². The number of thiocarbonyl (C=S) groups is 1. The van der Waals surface area contributed by atoms with Gasteiger partial charge in [-0.25, -0.2) is 0 Å². The van der Waals surface area contributed by atoms with Gasteiger partial charge in [-0.1, -0.05) is 24.3 Å². The van der Waals surface area contributed by atoms with Crippen molar-refractivity contribution < 1.29 is 5.11 Å². The second-order valence-corrected chi connectivity index (χ2v) is 9.30. The number of anilines is 1. The number of pyridine rings is 1. The molecule has 2 aromatic carbocycles. The van der Waals surface area contributed by atoms with Crippen molar-refractivity contribution in [3.05, 3.63) is 107 Å². The normalized spacial score (nSPS) is 17.8. The van der Waals surface area contributed by atoms with Gasteiger partial charge in [-0.2, -0.15) is 0 Å². The lowest BCUT2D eigenvalue weighted by Gasteiger charge is -2.28. The minimum absolute atomic E-state index is 0.102. The van der Waals surface area contributed by atoms with Gasteiger partial charge in [0.05, 0.1) is 23.5 Å². The number of phenols is 1. The summed E-state index contributed by atoms with van der Waals surface area (Å²) in [6.45, 7) is 8.42. The quantitative estimate of drug-likeness (QED) is 0.361. The Kier molecular flexibility index (Phi) is 5.62. The fourth-order valence-electron chi connectivity index (χ4n) is 4.94. The number of aryl methyl sites for hydroxylation is 3. The molecule has 2 N–H and O–H groups in total. The van der Waals surface area contributed by atoms with E-state index >= 15 is 0 Å². The molecule has 1 saturated heterocycles. The van der Waals surface area contributed by atoms with E-state index in [1.807, 2.05) is 42.6 Å². The third-order valence-corrected chi connectivity index (χ3v) is 7.09. The lowest BCUT2D eigenvalue weighted by molar-refractivity contribution is 0.471. The minimum Gasteiger partial charge on any atom is -0.506 e. The zero-order chi connectivity index (χ0) is 24.0. The van der Waals surface area contributed by atoms with Crippen LogP contribution in [0.5, 0.6) is 5.75 Å². The van der Waals surface area contributed by atoms with E-state index < -0.39 is 0 Å². The Balaban J connectivity index is 1.70. The van der Waals surface area contributed by atoms with E-state index in [1.165, 1.54) is 11.1 Å². The van der Waals surface area contributed by atoms with Crippen LogP contribution in [-0.4, -0.2) is 19.8 Å². The molecule has 2 atom stereocenters. The largest absolute Gasteiger partial charge is 0.506 e. The maximum atomic E-state index is 10.6. The van der Waals surface area contributed by atoms with Crippen molar-refractivity contribution in [2.24, 2.45) is 0 Å². The van der Waals surface area contributed by atoms with Gasteiger partial charge in [0.15, 0.2) is 5.11 Å². The van der Waals surface area contributed by atoms with Crippen molar-refractivity contribution in [1.82, 2.24) is 14.9 Å². The van der Waals surface area contributed by atoms with Crippen LogP contribution in [0.2, 0.25) is 0 Å². The van der Waals surface area contributed by atoms with Gasteiger partial charge in [0.25, 0.3) is 0 Å². The van der Waals surface area contributed by atoms with E-state index in [-0.39, 0.29) is 17.8 Å². The second kappa shape index (κ2) is 8.61. The first-order valence-corrected chi connectivity index (χ1v) is 11.8. The average molecular weight is 469 g/mol. The third-order valence-electron chi connectivity index (χ3n) is 6.78. The average Bonchev–Trinajstić information content (AvgIpc) is 3.32. The molecule has 1 aliphatic heterocycles. The number of hydrogen-bond acceptors (Lipinski definition) is 3. The Hall–Kier alpha value is -3.64. The second-order valence-electron chi connectivity index (χ2n) is 8.92. The van der Waals surface area contributed by atoms with Crippen molar-refractivity contribution in [2.45, 2.75) is 39.8 Å². The number of aromatic hydroxyl groups is 1. The highest BCUT2D eigenvalue weighted by molar-refractivity contribution is 7.80. The monoisotopic (exact) mass is 468 g/mol. The van der Waals surface area contributed by atoms with Crippen molar-refractivity contribution in [1.29, 1.82) is 0 Å². The smallest absolute Gasteiger partial charge is 0.174 e. The molecule has 172 valence electrons. The Morgan fingerprint density at radius 3 is 2.38 bits per heavy atom. The van der Waals surface area contributed by atoms with Crippen LogP contribution in [0.15, 0.2) is 72.9 Å². The standard InChI is InChI=1S/C28H28N4OS/c1-17-12-13-21(15-18(17)2)32-27(26(30-28(32)34)23-9-7-8-14-29-23)22-16-19(3)31(20(22)4)24-10-5-6-11-25(24)33/h5-16,26-27,33H,1-4H3,(H,30,34)/t26-,27+/m1/s1. The molecule has 2 aromatic heterocycles. The fraction of sp³-hybridized carbons (Fsp3) is 0.214. The number of aromatic nitrogens is 2. The zero-order valence-corrected chi connectivity index (χ0v) is 20.6. The van der Waals surface area contributed by atoms with Crippen molar-refractivity contribution in [3.8, 4) is 11.4 Å². The molecule has 1 fully saturated rings. The predicted molar refractivity (Wildman–Crippen MR) is 141 cm³/mol. The van der Waals surface area contributed by atoms with Gasteiger partial charge in [-0.15, -0.1) is 0 Å². The molecule has 5 nitrogen and oxygen atoms in total. The summed E-state index contributed by atoms with van der Waals surface area (Å²) in [4.78, 5) is 6.87. The van der Waals surface area contributed by atoms with Gasteiger partial charge in [0.2, 0.25) is 0 Å². The zero-order valence-electron chi connectivity index (χ0n) is 19.8. The van der Waals surface area contributed by atoms with Gasteiger partial charge in [0.1, 0.15) is 5.75 Å². The Morgan fingerprint density at radius 2 is 1.68 bits per heavy atom. The van der Waals surface area contributed by atoms with Crippen LogP contribution in [0.25, 0.3) is 5.69 Å². The molecular weight excluding hydrogens is 440 g/mol. The number of nitrogens with zero attached hydrogens (tertiary/aromatic N) is 3. The molecule has 3 heterocycles. The Morgan fingerprint density at radius 1 is 0.912 bits per heavy atom. The van der Waals surface area contributed by atoms with Crippen LogP contribution >= 0.6 is 12.2 Å². The first kappa shape index (κ1) is 22.2. The molecule has 0 amide bonds. The predicted octanol–water partition coefficient (Wildman–Crippen LogP) is 5.99. The van der Waals surface area contributed by atoms with Crippen molar-refractivity contribution >= 4 is 23.0 Å². The van der Waals surface area contributed by atoms with Crippen LogP contribution in [-0.2, 0) is 0 Å². The summed E-state index contributed by atoms with van der Waals surface area (Å²) in [6.07, 6.45) is 1.82. The molecule has 6 heteroatoms. The van der Waals surface area contributed by atoms with Crippen LogP contribution in [0.1, 0.15) is 45.9 Å². The molecule has 5 rings (SSSR count). The number of phenolic OH excluding ortho intramolecular Hbond substituents is 1.